The monoisotopic (exact) mass is 1240 g/mol. The van der Waals surface area contributed by atoms with Crippen LogP contribution in [0.15, 0.2) is 154 Å². The van der Waals surface area contributed by atoms with Crippen molar-refractivity contribution in [3.8, 4) is 23.7 Å². The molecule has 10 atom stereocenters. The fourth-order valence-electron chi connectivity index (χ4n) is 8.99. The van der Waals surface area contributed by atoms with Crippen molar-refractivity contribution < 1.29 is 67.1 Å². The standard InChI is InChI=1S/C12H14N2O2.C12H16N2O2.C11H12N2O2.C8H6N2O2.C8H8N2O2.C6H6N2O2.C6H4N2O2/c15-7-13-5-11-9-1-2-10(4-3-9)12(11)6-14-8-16;1-11(6-7-13-9-15)4-3-5-12(2)8-14-10-16;14-7-12-5-11(6-13-8-15)4-9-1-2-10(11)3-9;11-5-9-7-3-1-2-4-8(7)10-6-12;1-7(9-5-11)3-4-8(2)10-6-12;2*9-5-7-3-1-2-4-8-6-10/h1-2,9-12H,3-6H2;5-6H,3-4,7-8H2,1-2H3;1-2,9-10H,3-6H2;1-4,7-8H;7-8H,1-2H3;1-2H,3-4H2;3-4H2/b;11-6+,12-5+;;;;;. The number of hydrogen-bond donors (Lipinski definition) is 0. The van der Waals surface area contributed by atoms with Gasteiger partial charge in [-0.15, -0.1) is 0 Å². The third-order valence-corrected chi connectivity index (χ3v) is 13.1. The van der Waals surface area contributed by atoms with E-state index in [4.69, 9.17) is 0 Å². The van der Waals surface area contributed by atoms with E-state index in [2.05, 4.69) is 118 Å². The molecule has 0 heterocycles. The molecule has 28 nitrogen and oxygen atoms in total. The van der Waals surface area contributed by atoms with E-state index in [9.17, 15) is 67.1 Å². The Kier molecular flexibility index (Phi) is 51.8. The molecule has 2 saturated carbocycles. The van der Waals surface area contributed by atoms with Crippen LogP contribution in [0.3, 0.4) is 0 Å². The van der Waals surface area contributed by atoms with Crippen molar-refractivity contribution in [2.75, 3.05) is 65.4 Å². The van der Waals surface area contributed by atoms with Gasteiger partial charge < -0.3 is 0 Å². The van der Waals surface area contributed by atoms with Gasteiger partial charge in [-0.2, -0.15) is 30.0 Å². The normalized spacial score (nSPS) is 20.8. The highest BCUT2D eigenvalue weighted by Gasteiger charge is 2.48. The summed E-state index contributed by atoms with van der Waals surface area (Å²) in [4.78, 5) is 186. The van der Waals surface area contributed by atoms with Crippen molar-refractivity contribution in [2.45, 2.75) is 90.4 Å². The van der Waals surface area contributed by atoms with Crippen LogP contribution in [0.4, 0.5) is 0 Å². The lowest BCUT2D eigenvalue weighted by Crippen LogP contribution is -2.40. The van der Waals surface area contributed by atoms with Crippen molar-refractivity contribution in [3.63, 3.8) is 0 Å². The summed E-state index contributed by atoms with van der Waals surface area (Å²) in [6, 6.07) is -1.61. The Balaban J connectivity index is 0. The highest BCUT2D eigenvalue weighted by molar-refractivity contribution is 5.41. The lowest BCUT2D eigenvalue weighted by atomic mass is 9.62. The number of fused-ring (bicyclic) bond motifs is 4. The molecule has 0 N–H and O–H groups in total. The van der Waals surface area contributed by atoms with Crippen molar-refractivity contribution in [3.05, 3.63) is 84.1 Å². The summed E-state index contributed by atoms with van der Waals surface area (Å²) in [5.41, 5.74) is 2.11. The molecule has 472 valence electrons. The van der Waals surface area contributed by atoms with Crippen molar-refractivity contribution in [1.82, 2.24) is 0 Å². The molecule has 2 fully saturated rings. The first-order chi connectivity index (χ1) is 44.3. The number of nitrogens with zero attached hydrogens (tertiary/aromatic N) is 14. The predicted molar refractivity (Wildman–Crippen MR) is 329 cm³/mol. The molecule has 91 heavy (non-hydrogen) atoms. The second-order valence-corrected chi connectivity index (χ2v) is 19.1. The zero-order valence-electron chi connectivity index (χ0n) is 50.5. The van der Waals surface area contributed by atoms with Crippen LogP contribution in [0.2, 0.25) is 0 Å². The molecule has 10 unspecified atom stereocenters. The molecule has 0 aliphatic heterocycles. The third kappa shape index (κ3) is 41.4. The Morgan fingerprint density at radius 1 is 0.473 bits per heavy atom. The highest BCUT2D eigenvalue weighted by Crippen LogP contribution is 2.52. The van der Waals surface area contributed by atoms with E-state index >= 15 is 0 Å². The average Bonchev–Trinajstić information content (AvgIpc) is 1.93. The van der Waals surface area contributed by atoms with Gasteiger partial charge in [-0.3, -0.25) is 0 Å². The van der Waals surface area contributed by atoms with Gasteiger partial charge in [0.2, 0.25) is 85.1 Å². The number of rotatable bonds is 25. The number of carbonyl (C=O) groups excluding carboxylic acids is 14. The maximum Gasteiger partial charge on any atom is 0.236 e. The first-order valence-corrected chi connectivity index (χ1v) is 27.6. The van der Waals surface area contributed by atoms with Gasteiger partial charge in [0.05, 0.1) is 52.4 Å². The van der Waals surface area contributed by atoms with Gasteiger partial charge in [0.1, 0.15) is 37.3 Å². The van der Waals surface area contributed by atoms with Crippen LogP contribution in [0, 0.1) is 64.6 Å². The van der Waals surface area contributed by atoms with Gasteiger partial charge in [-0.1, -0.05) is 108 Å². The Hall–Kier alpha value is -11.4. The van der Waals surface area contributed by atoms with Gasteiger partial charge in [-0.05, 0) is 102 Å². The van der Waals surface area contributed by atoms with Gasteiger partial charge in [0.15, 0.2) is 0 Å². The van der Waals surface area contributed by atoms with Crippen molar-refractivity contribution >= 4 is 85.1 Å². The van der Waals surface area contributed by atoms with E-state index in [0.717, 1.165) is 44.1 Å². The molecule has 6 aliphatic carbocycles. The van der Waals surface area contributed by atoms with Crippen LogP contribution in [-0.2, 0) is 67.1 Å². The summed E-state index contributed by atoms with van der Waals surface area (Å²) < 4.78 is 0. The maximum absolute atomic E-state index is 10.2. The van der Waals surface area contributed by atoms with Crippen LogP contribution >= 0.6 is 0 Å². The lowest BCUT2D eigenvalue weighted by Gasteiger charge is -2.43. The molecule has 0 saturated heterocycles. The summed E-state index contributed by atoms with van der Waals surface area (Å²) in [5.74, 6) is 12.8. The van der Waals surface area contributed by atoms with Gasteiger partial charge >= 0.3 is 0 Å². The average molecular weight is 1240 g/mol. The van der Waals surface area contributed by atoms with Crippen molar-refractivity contribution in [1.29, 1.82) is 0 Å². The van der Waals surface area contributed by atoms with Crippen LogP contribution in [0.1, 0.15) is 66.2 Å². The molecule has 28 heteroatoms. The van der Waals surface area contributed by atoms with Crippen LogP contribution in [0.5, 0.6) is 0 Å². The first-order valence-electron chi connectivity index (χ1n) is 27.6. The number of aliphatic imine (C=N–C) groups is 14. The molecule has 0 spiro atoms. The zero-order chi connectivity index (χ0) is 67.9. The molecule has 0 amide bonds. The Morgan fingerprint density at radius 3 is 1.29 bits per heavy atom. The van der Waals surface area contributed by atoms with E-state index in [1.165, 1.54) is 66.4 Å². The summed E-state index contributed by atoms with van der Waals surface area (Å²) >= 11 is 0. The first kappa shape index (κ1) is 81.7. The number of allylic oxidation sites excluding steroid dienone is 8. The third-order valence-electron chi connectivity index (χ3n) is 13.1. The molecular weight excluding hydrogens is 1180 g/mol. The fraction of sp³-hybridized carbons (Fsp3) is 0.492. The Bertz CT molecular complexity index is 3220. The topological polar surface area (TPSA) is 412 Å². The summed E-state index contributed by atoms with van der Waals surface area (Å²) in [6.07, 6.45) is 49.3. The Labute approximate surface area is 524 Å². The van der Waals surface area contributed by atoms with Crippen LogP contribution < -0.4 is 0 Å². The number of isocyanates is 14. The Morgan fingerprint density at radius 2 is 0.912 bits per heavy atom. The van der Waals surface area contributed by atoms with E-state index in [-0.39, 0.29) is 31.6 Å². The largest absolute Gasteiger partial charge is 0.236 e. The van der Waals surface area contributed by atoms with E-state index in [1.54, 1.807) is 74.6 Å². The quantitative estimate of drug-likeness (QED) is 0.0445. The lowest BCUT2D eigenvalue weighted by molar-refractivity contribution is 0.135. The SMILES string of the molecule is C/C(=C\CN=C=O)CC/C=C(\C)CN=C=O.CC(C#CC(C)N=C=O)N=C=O.O=C=NC1C=CC=CC1N=C=O.O=C=NCC#CCN=C=O.O=C=NCC1(CN=C=O)CC2C=CC1C2.O=C=NCC1C2C=CC(CC2)C1CN=C=O.O=C=NCC=CCN=C=O. The van der Waals surface area contributed by atoms with Crippen LogP contribution in [0.25, 0.3) is 0 Å². The predicted octanol–water partition coefficient (Wildman–Crippen LogP) is 5.89. The summed E-state index contributed by atoms with van der Waals surface area (Å²) in [6.45, 7) is 10.7. The van der Waals surface area contributed by atoms with Crippen LogP contribution in [-0.4, -0.2) is 175 Å². The van der Waals surface area contributed by atoms with Gasteiger partial charge in [0, 0.05) is 5.41 Å². The number of hydrogen-bond acceptors (Lipinski definition) is 28. The van der Waals surface area contributed by atoms with E-state index in [1.807, 2.05) is 26.0 Å². The summed E-state index contributed by atoms with van der Waals surface area (Å²) in [7, 11) is 0. The van der Waals surface area contributed by atoms with Gasteiger partial charge in [0.25, 0.3) is 0 Å². The van der Waals surface area contributed by atoms with Crippen molar-refractivity contribution in [2.24, 2.45) is 111 Å². The molecule has 6 rings (SSSR count). The van der Waals surface area contributed by atoms with Gasteiger partial charge in [-0.25, -0.2) is 107 Å². The second-order valence-electron chi connectivity index (χ2n) is 19.1. The molecule has 0 radical (unpaired) electrons. The van der Waals surface area contributed by atoms with E-state index < -0.39 is 24.2 Å². The minimum Gasteiger partial charge on any atom is -0.211 e. The zero-order valence-corrected chi connectivity index (χ0v) is 50.5. The smallest absolute Gasteiger partial charge is 0.211 e. The molecular formula is C63H66N14O14. The maximum atomic E-state index is 10.2. The second kappa shape index (κ2) is 57.7. The summed E-state index contributed by atoms with van der Waals surface area (Å²) in [5, 5.41) is 0. The van der Waals surface area contributed by atoms with E-state index in [0.29, 0.717) is 74.8 Å². The minimum absolute atomic E-state index is 0.109. The fourth-order valence-corrected chi connectivity index (χ4v) is 8.99. The molecule has 0 aromatic rings. The molecule has 4 bridgehead atoms. The minimum atomic E-state index is -0.408. The highest BCUT2D eigenvalue weighted by atomic mass is 16.2. The molecule has 0 aromatic carbocycles. The molecule has 0 aromatic heterocycles. The molecule has 6 aliphatic rings.